The number of hydrogen-bond donors (Lipinski definition) is 1. The monoisotopic (exact) mass is 222 g/mol. The summed E-state index contributed by atoms with van der Waals surface area (Å²) < 4.78 is 5.22. The molecule has 1 unspecified atom stereocenters. The third kappa shape index (κ3) is 3.42. The Kier molecular flexibility index (Phi) is 5.12. The van der Waals surface area contributed by atoms with Crippen LogP contribution in [-0.2, 0) is 0 Å². The number of methoxy groups -OCH3 is 1. The summed E-state index contributed by atoms with van der Waals surface area (Å²) in [5.41, 5.74) is 1.19. The minimum atomic E-state index is 0.524. The summed E-state index contributed by atoms with van der Waals surface area (Å²) in [5.74, 6) is 0.904. The first kappa shape index (κ1) is 12.8. The highest BCUT2D eigenvalue weighted by Gasteiger charge is 2.08. The van der Waals surface area contributed by atoms with Crippen LogP contribution in [0.1, 0.15) is 13.3 Å². The minimum Gasteiger partial charge on any atom is -0.497 e. The van der Waals surface area contributed by atoms with Gasteiger partial charge in [0, 0.05) is 31.4 Å². The molecule has 3 heteroatoms. The number of rotatable bonds is 6. The van der Waals surface area contributed by atoms with E-state index in [9.17, 15) is 0 Å². The normalized spacial score (nSPS) is 12.2. The zero-order valence-corrected chi connectivity index (χ0v) is 10.7. The van der Waals surface area contributed by atoms with Crippen molar-refractivity contribution in [2.24, 2.45) is 0 Å². The number of hydrogen-bond acceptors (Lipinski definition) is 3. The lowest BCUT2D eigenvalue weighted by Gasteiger charge is -2.25. The third-order valence-electron chi connectivity index (χ3n) is 2.89. The molecule has 90 valence electrons. The van der Waals surface area contributed by atoms with Gasteiger partial charge in [-0.1, -0.05) is 13.0 Å². The summed E-state index contributed by atoms with van der Waals surface area (Å²) in [6, 6.07) is 8.67. The van der Waals surface area contributed by atoms with E-state index in [4.69, 9.17) is 4.74 Å². The van der Waals surface area contributed by atoms with Gasteiger partial charge in [0.05, 0.1) is 7.11 Å². The van der Waals surface area contributed by atoms with Crippen LogP contribution in [0.15, 0.2) is 24.3 Å². The van der Waals surface area contributed by atoms with Gasteiger partial charge in [0.1, 0.15) is 5.75 Å². The van der Waals surface area contributed by atoms with Gasteiger partial charge in [-0.05, 0) is 25.6 Å². The Bertz CT molecular complexity index is 311. The Morgan fingerprint density at radius 3 is 2.75 bits per heavy atom. The van der Waals surface area contributed by atoms with Crippen LogP contribution < -0.4 is 15.0 Å². The van der Waals surface area contributed by atoms with Gasteiger partial charge in [0.25, 0.3) is 0 Å². The topological polar surface area (TPSA) is 24.5 Å². The van der Waals surface area contributed by atoms with E-state index in [-0.39, 0.29) is 0 Å². The maximum atomic E-state index is 5.22. The number of likely N-dealkylation sites (N-methyl/N-ethyl adjacent to an activating group) is 2. The van der Waals surface area contributed by atoms with Crippen LogP contribution in [0.25, 0.3) is 0 Å². The van der Waals surface area contributed by atoms with Gasteiger partial charge in [-0.3, -0.25) is 0 Å². The van der Waals surface area contributed by atoms with Crippen molar-refractivity contribution in [2.75, 3.05) is 32.6 Å². The van der Waals surface area contributed by atoms with Crippen molar-refractivity contribution >= 4 is 5.69 Å². The second-order valence-electron chi connectivity index (χ2n) is 3.98. The highest BCUT2D eigenvalue weighted by atomic mass is 16.5. The molecule has 0 spiro atoms. The van der Waals surface area contributed by atoms with Gasteiger partial charge in [-0.25, -0.2) is 0 Å². The van der Waals surface area contributed by atoms with Gasteiger partial charge in [-0.2, -0.15) is 0 Å². The molecular weight excluding hydrogens is 200 g/mol. The van der Waals surface area contributed by atoms with Gasteiger partial charge in [0.15, 0.2) is 0 Å². The molecule has 0 aliphatic rings. The summed E-state index contributed by atoms with van der Waals surface area (Å²) in [6.07, 6.45) is 1.13. The van der Waals surface area contributed by atoms with Crippen LogP contribution in [0.5, 0.6) is 5.75 Å². The number of ether oxygens (including phenoxy) is 1. The first-order valence-corrected chi connectivity index (χ1v) is 5.73. The van der Waals surface area contributed by atoms with Gasteiger partial charge in [-0.15, -0.1) is 0 Å². The van der Waals surface area contributed by atoms with Gasteiger partial charge < -0.3 is 15.0 Å². The summed E-state index contributed by atoms with van der Waals surface area (Å²) in [6.45, 7) is 3.20. The van der Waals surface area contributed by atoms with Crippen LogP contribution in [0.2, 0.25) is 0 Å². The van der Waals surface area contributed by atoms with E-state index < -0.39 is 0 Å². The Hall–Kier alpha value is -1.22. The zero-order valence-electron chi connectivity index (χ0n) is 10.7. The molecule has 0 heterocycles. The summed E-state index contributed by atoms with van der Waals surface area (Å²) in [4.78, 5) is 2.24. The molecule has 1 atom stereocenters. The lowest BCUT2D eigenvalue weighted by molar-refractivity contribution is 0.414. The first-order valence-electron chi connectivity index (χ1n) is 5.73. The van der Waals surface area contributed by atoms with E-state index in [1.54, 1.807) is 7.11 Å². The fraction of sp³-hybridized carbons (Fsp3) is 0.538. The third-order valence-corrected chi connectivity index (χ3v) is 2.89. The van der Waals surface area contributed by atoms with Crippen molar-refractivity contribution < 1.29 is 4.74 Å². The Balaban J connectivity index is 2.67. The molecule has 0 aromatic heterocycles. The SMILES string of the molecule is CCC(CN(C)c1cccc(OC)c1)NC. The molecule has 0 bridgehead atoms. The summed E-state index contributed by atoms with van der Waals surface area (Å²) in [5, 5.41) is 3.31. The summed E-state index contributed by atoms with van der Waals surface area (Å²) >= 11 is 0. The Labute approximate surface area is 98.4 Å². The smallest absolute Gasteiger partial charge is 0.120 e. The molecular formula is C13H22N2O. The maximum absolute atomic E-state index is 5.22. The first-order chi connectivity index (χ1) is 7.71. The van der Waals surface area contributed by atoms with Crippen LogP contribution in [-0.4, -0.2) is 33.8 Å². The van der Waals surface area contributed by atoms with Crippen molar-refractivity contribution in [3.8, 4) is 5.75 Å². The van der Waals surface area contributed by atoms with E-state index in [1.165, 1.54) is 5.69 Å². The molecule has 0 fully saturated rings. The molecule has 0 saturated heterocycles. The fourth-order valence-electron chi connectivity index (χ4n) is 1.71. The predicted octanol–water partition coefficient (Wildman–Crippen LogP) is 2.13. The molecule has 0 aliphatic heterocycles. The van der Waals surface area contributed by atoms with E-state index in [0.29, 0.717) is 6.04 Å². The lowest BCUT2D eigenvalue weighted by atomic mass is 10.2. The van der Waals surface area contributed by atoms with Crippen LogP contribution >= 0.6 is 0 Å². The fourth-order valence-corrected chi connectivity index (χ4v) is 1.71. The predicted molar refractivity (Wildman–Crippen MR) is 69.4 cm³/mol. The molecule has 1 N–H and O–H groups in total. The maximum Gasteiger partial charge on any atom is 0.120 e. The van der Waals surface area contributed by atoms with Crippen molar-refractivity contribution in [3.05, 3.63) is 24.3 Å². The molecule has 1 aromatic rings. The second-order valence-corrected chi connectivity index (χ2v) is 3.98. The number of nitrogens with zero attached hydrogens (tertiary/aromatic N) is 1. The highest BCUT2D eigenvalue weighted by molar-refractivity contribution is 5.50. The van der Waals surface area contributed by atoms with Crippen molar-refractivity contribution in [3.63, 3.8) is 0 Å². The highest BCUT2D eigenvalue weighted by Crippen LogP contribution is 2.20. The van der Waals surface area contributed by atoms with E-state index in [2.05, 4.69) is 36.3 Å². The molecule has 1 aromatic carbocycles. The standard InChI is InChI=1S/C13H22N2O/c1-5-11(14-2)10-15(3)12-7-6-8-13(9-12)16-4/h6-9,11,14H,5,10H2,1-4H3. The van der Waals surface area contributed by atoms with E-state index in [1.807, 2.05) is 19.2 Å². The van der Waals surface area contributed by atoms with Gasteiger partial charge in [0.2, 0.25) is 0 Å². The Morgan fingerprint density at radius 1 is 1.44 bits per heavy atom. The molecule has 3 nitrogen and oxygen atoms in total. The molecule has 16 heavy (non-hydrogen) atoms. The molecule has 0 aliphatic carbocycles. The average molecular weight is 222 g/mol. The quantitative estimate of drug-likeness (QED) is 0.798. The van der Waals surface area contributed by atoms with Crippen molar-refractivity contribution in [1.29, 1.82) is 0 Å². The number of nitrogens with one attached hydrogen (secondary N) is 1. The second kappa shape index (κ2) is 6.38. The Morgan fingerprint density at radius 2 is 2.19 bits per heavy atom. The largest absolute Gasteiger partial charge is 0.497 e. The number of benzene rings is 1. The molecule has 0 radical (unpaired) electrons. The summed E-state index contributed by atoms with van der Waals surface area (Å²) in [7, 11) is 5.81. The minimum absolute atomic E-state index is 0.524. The zero-order chi connectivity index (χ0) is 12.0. The van der Waals surface area contributed by atoms with E-state index in [0.717, 1.165) is 18.7 Å². The van der Waals surface area contributed by atoms with Crippen molar-refractivity contribution in [1.82, 2.24) is 5.32 Å². The number of anilines is 1. The lowest BCUT2D eigenvalue weighted by Crippen LogP contribution is -2.37. The van der Waals surface area contributed by atoms with Crippen molar-refractivity contribution in [2.45, 2.75) is 19.4 Å². The van der Waals surface area contributed by atoms with Crippen LogP contribution in [0.4, 0.5) is 5.69 Å². The van der Waals surface area contributed by atoms with Crippen LogP contribution in [0.3, 0.4) is 0 Å². The molecule has 1 rings (SSSR count). The molecule has 0 saturated carbocycles. The molecule has 0 amide bonds. The van der Waals surface area contributed by atoms with Gasteiger partial charge >= 0.3 is 0 Å². The van der Waals surface area contributed by atoms with E-state index >= 15 is 0 Å². The average Bonchev–Trinajstić information content (AvgIpc) is 2.35. The van der Waals surface area contributed by atoms with Crippen LogP contribution in [0, 0.1) is 0 Å².